The summed E-state index contributed by atoms with van der Waals surface area (Å²) in [5, 5.41) is 6.54. The van der Waals surface area contributed by atoms with Crippen LogP contribution < -0.4 is 19.7 Å². The Labute approximate surface area is 212 Å². The van der Waals surface area contributed by atoms with Crippen molar-refractivity contribution in [1.82, 2.24) is 20.1 Å². The van der Waals surface area contributed by atoms with Gasteiger partial charge in [0.25, 0.3) is 0 Å². The van der Waals surface area contributed by atoms with E-state index in [4.69, 9.17) is 14.5 Å². The van der Waals surface area contributed by atoms with E-state index in [1.165, 1.54) is 5.56 Å². The van der Waals surface area contributed by atoms with E-state index in [9.17, 15) is 0 Å². The normalized spacial score (nSPS) is 14.7. The summed E-state index contributed by atoms with van der Waals surface area (Å²) >= 11 is 1.65. The monoisotopic (exact) mass is 574 g/mol. The molecular formula is C22H35IN6O2S. The third-order valence-corrected chi connectivity index (χ3v) is 6.23. The topological polar surface area (TPSA) is 65.5 Å². The van der Waals surface area contributed by atoms with Crippen molar-refractivity contribution in [3.63, 3.8) is 0 Å². The van der Waals surface area contributed by atoms with E-state index in [0.29, 0.717) is 6.54 Å². The summed E-state index contributed by atoms with van der Waals surface area (Å²) in [6.45, 7) is 8.31. The smallest absolute Gasteiger partial charge is 0.194 e. The number of benzene rings is 1. The van der Waals surface area contributed by atoms with Crippen molar-refractivity contribution in [1.29, 1.82) is 0 Å². The fraction of sp³-hybridized carbons (Fsp3) is 0.545. The molecule has 2 heterocycles. The number of nitrogens with one attached hydrogen (secondary N) is 1. The molecule has 178 valence electrons. The summed E-state index contributed by atoms with van der Waals surface area (Å²) in [7, 11) is 7.36. The first-order valence-corrected chi connectivity index (χ1v) is 11.5. The van der Waals surface area contributed by atoms with Crippen LogP contribution in [0.4, 0.5) is 5.13 Å². The summed E-state index contributed by atoms with van der Waals surface area (Å²) in [5.74, 6) is 2.51. The van der Waals surface area contributed by atoms with E-state index < -0.39 is 0 Å². The molecule has 32 heavy (non-hydrogen) atoms. The number of thiazole rings is 1. The van der Waals surface area contributed by atoms with Gasteiger partial charge in [-0.25, -0.2) is 9.98 Å². The van der Waals surface area contributed by atoms with Crippen molar-refractivity contribution in [3.05, 3.63) is 34.8 Å². The van der Waals surface area contributed by atoms with Crippen LogP contribution in [0.3, 0.4) is 0 Å². The van der Waals surface area contributed by atoms with Gasteiger partial charge >= 0.3 is 0 Å². The van der Waals surface area contributed by atoms with Crippen molar-refractivity contribution in [2.45, 2.75) is 20.0 Å². The van der Waals surface area contributed by atoms with Gasteiger partial charge in [-0.05, 0) is 24.6 Å². The third kappa shape index (κ3) is 7.11. The van der Waals surface area contributed by atoms with Gasteiger partial charge in [0.2, 0.25) is 0 Å². The zero-order chi connectivity index (χ0) is 22.2. The lowest BCUT2D eigenvalue weighted by molar-refractivity contribution is 0.172. The first-order valence-electron chi connectivity index (χ1n) is 10.6. The van der Waals surface area contributed by atoms with Crippen LogP contribution in [-0.4, -0.2) is 81.8 Å². The molecule has 10 heteroatoms. The van der Waals surface area contributed by atoms with Crippen molar-refractivity contribution < 1.29 is 9.47 Å². The number of aliphatic imine (C=N–C) groups is 1. The second-order valence-corrected chi connectivity index (χ2v) is 8.48. The van der Waals surface area contributed by atoms with Crippen molar-refractivity contribution >= 4 is 46.4 Å². The van der Waals surface area contributed by atoms with Crippen LogP contribution in [0.2, 0.25) is 0 Å². The molecule has 1 aromatic heterocycles. The molecule has 1 fully saturated rings. The van der Waals surface area contributed by atoms with Gasteiger partial charge in [0, 0.05) is 58.7 Å². The molecule has 1 aromatic carbocycles. The van der Waals surface area contributed by atoms with Crippen LogP contribution in [0, 0.1) is 0 Å². The molecule has 1 N–H and O–H groups in total. The molecule has 0 unspecified atom stereocenters. The Morgan fingerprint density at radius 1 is 1.16 bits per heavy atom. The number of halogens is 1. The number of hydrogen-bond donors (Lipinski definition) is 1. The van der Waals surface area contributed by atoms with Crippen molar-refractivity contribution in [3.8, 4) is 11.5 Å². The molecule has 3 rings (SSSR count). The molecule has 0 bridgehead atoms. The van der Waals surface area contributed by atoms with Crippen LogP contribution in [0.25, 0.3) is 0 Å². The second-order valence-electron chi connectivity index (χ2n) is 7.64. The van der Waals surface area contributed by atoms with Gasteiger partial charge < -0.3 is 24.6 Å². The van der Waals surface area contributed by atoms with Crippen LogP contribution >= 0.6 is 35.3 Å². The molecule has 1 saturated heterocycles. The predicted molar refractivity (Wildman–Crippen MR) is 143 cm³/mol. The highest BCUT2D eigenvalue weighted by molar-refractivity contribution is 14.0. The van der Waals surface area contributed by atoms with E-state index in [1.54, 1.807) is 25.6 Å². The van der Waals surface area contributed by atoms with E-state index in [0.717, 1.165) is 67.6 Å². The number of hydrogen-bond acceptors (Lipinski definition) is 7. The zero-order valence-electron chi connectivity index (χ0n) is 19.6. The van der Waals surface area contributed by atoms with E-state index in [-0.39, 0.29) is 24.0 Å². The Balaban J connectivity index is 0.00000363. The minimum Gasteiger partial charge on any atom is -0.493 e. The average Bonchev–Trinajstić information content (AvgIpc) is 3.26. The number of anilines is 1. The molecule has 1 aliphatic rings. The molecule has 0 aliphatic carbocycles. The standard InChI is InChI=1S/C22H34N6O2S.HI/c1-6-23-21(24-14-18-16-31-22(25-18)26(2)3)28-11-9-27(10-12-28)15-17-7-8-19(29-4)20(13-17)30-5;/h7-8,13,16H,6,9-12,14-15H2,1-5H3,(H,23,24);1H. The van der Waals surface area contributed by atoms with Crippen LogP contribution in [0.15, 0.2) is 28.6 Å². The summed E-state index contributed by atoms with van der Waals surface area (Å²) in [4.78, 5) is 16.3. The van der Waals surface area contributed by atoms with Gasteiger partial charge in [-0.3, -0.25) is 4.90 Å². The molecule has 2 aromatic rings. The summed E-state index contributed by atoms with van der Waals surface area (Å²) in [6.07, 6.45) is 0. The summed E-state index contributed by atoms with van der Waals surface area (Å²) in [5.41, 5.74) is 2.24. The predicted octanol–water partition coefficient (Wildman–Crippen LogP) is 3.13. The number of aromatic nitrogens is 1. The number of piperazine rings is 1. The number of rotatable bonds is 8. The quantitative estimate of drug-likeness (QED) is 0.295. The van der Waals surface area contributed by atoms with Crippen molar-refractivity contribution in [2.75, 3.05) is 65.9 Å². The Kier molecular flexibility index (Phi) is 10.8. The number of nitrogens with zero attached hydrogens (tertiary/aromatic N) is 5. The highest BCUT2D eigenvalue weighted by atomic mass is 127. The molecule has 0 radical (unpaired) electrons. The van der Waals surface area contributed by atoms with Crippen molar-refractivity contribution in [2.24, 2.45) is 4.99 Å². The number of methoxy groups -OCH3 is 2. The van der Waals surface area contributed by atoms with Gasteiger partial charge in [0.1, 0.15) is 0 Å². The average molecular weight is 575 g/mol. The van der Waals surface area contributed by atoms with E-state index in [1.807, 2.05) is 25.1 Å². The Morgan fingerprint density at radius 3 is 2.47 bits per heavy atom. The minimum atomic E-state index is 0. The minimum absolute atomic E-state index is 0. The van der Waals surface area contributed by atoms with Gasteiger partial charge in [0.05, 0.1) is 26.5 Å². The van der Waals surface area contributed by atoms with E-state index in [2.05, 4.69) is 44.5 Å². The highest BCUT2D eigenvalue weighted by Crippen LogP contribution is 2.28. The van der Waals surface area contributed by atoms with Crippen LogP contribution in [0.5, 0.6) is 11.5 Å². The highest BCUT2D eigenvalue weighted by Gasteiger charge is 2.20. The largest absolute Gasteiger partial charge is 0.493 e. The lowest BCUT2D eigenvalue weighted by atomic mass is 10.1. The van der Waals surface area contributed by atoms with Gasteiger partial charge in [0.15, 0.2) is 22.6 Å². The number of guanidine groups is 1. The Bertz CT molecular complexity index is 868. The van der Waals surface area contributed by atoms with Gasteiger partial charge in [-0.1, -0.05) is 6.07 Å². The number of ether oxygens (including phenoxy) is 2. The first-order chi connectivity index (χ1) is 15.0. The maximum atomic E-state index is 5.44. The first kappa shape index (κ1) is 26.5. The fourth-order valence-electron chi connectivity index (χ4n) is 3.51. The summed E-state index contributed by atoms with van der Waals surface area (Å²) in [6, 6.07) is 6.14. The maximum Gasteiger partial charge on any atom is 0.194 e. The van der Waals surface area contributed by atoms with E-state index >= 15 is 0 Å². The summed E-state index contributed by atoms with van der Waals surface area (Å²) < 4.78 is 10.8. The second kappa shape index (κ2) is 13.0. The molecule has 8 nitrogen and oxygen atoms in total. The maximum absolute atomic E-state index is 5.44. The molecule has 0 atom stereocenters. The SMILES string of the molecule is CCNC(=NCc1csc(N(C)C)n1)N1CCN(Cc2ccc(OC)c(OC)c2)CC1.I. The van der Waals surface area contributed by atoms with Crippen LogP contribution in [-0.2, 0) is 13.1 Å². The molecule has 0 saturated carbocycles. The molecule has 0 amide bonds. The lowest BCUT2D eigenvalue weighted by Gasteiger charge is -2.36. The molecule has 0 spiro atoms. The van der Waals surface area contributed by atoms with Crippen LogP contribution in [0.1, 0.15) is 18.2 Å². The Hall–Kier alpha value is -1.79. The van der Waals surface area contributed by atoms with Gasteiger partial charge in [-0.2, -0.15) is 0 Å². The Morgan fingerprint density at radius 2 is 1.88 bits per heavy atom. The molecular weight excluding hydrogens is 539 g/mol. The molecule has 1 aliphatic heterocycles. The van der Waals surface area contributed by atoms with Gasteiger partial charge in [-0.15, -0.1) is 35.3 Å². The third-order valence-electron chi connectivity index (χ3n) is 5.17. The lowest BCUT2D eigenvalue weighted by Crippen LogP contribution is -2.52. The zero-order valence-corrected chi connectivity index (χ0v) is 22.8. The fourth-order valence-corrected chi connectivity index (χ4v) is 4.26.